The molecule has 2 heteroatoms. The Morgan fingerprint density at radius 2 is 1.93 bits per heavy atom. The van der Waals surface area contributed by atoms with Crippen molar-refractivity contribution in [2.45, 2.75) is 51.6 Å². The molecule has 0 amide bonds. The minimum atomic E-state index is -0.0629. The first-order valence-corrected chi connectivity index (χ1v) is 6.70. The number of nitrogens with zero attached hydrogens (tertiary/aromatic N) is 1. The van der Waals surface area contributed by atoms with Gasteiger partial charge >= 0.3 is 0 Å². The molecule has 2 aliphatic rings. The average molecular weight is 211 g/mol. The van der Waals surface area contributed by atoms with Crippen LogP contribution in [0.4, 0.5) is 0 Å². The number of fused-ring (bicyclic) bond motifs is 1. The van der Waals surface area contributed by atoms with Crippen molar-refractivity contribution in [3.63, 3.8) is 0 Å². The van der Waals surface area contributed by atoms with Crippen molar-refractivity contribution in [3.05, 3.63) is 0 Å². The normalized spacial score (nSPS) is 33.2. The van der Waals surface area contributed by atoms with Gasteiger partial charge in [0.15, 0.2) is 0 Å². The summed E-state index contributed by atoms with van der Waals surface area (Å²) in [6.45, 7) is 5.95. The van der Waals surface area contributed by atoms with Crippen LogP contribution in [0.5, 0.6) is 0 Å². The Morgan fingerprint density at radius 1 is 1.27 bits per heavy atom. The summed E-state index contributed by atoms with van der Waals surface area (Å²) in [4.78, 5) is 2.62. The predicted octanol–water partition coefficient (Wildman–Crippen LogP) is 2.27. The molecule has 0 radical (unpaired) electrons. The van der Waals surface area contributed by atoms with Gasteiger partial charge in [-0.15, -0.1) is 0 Å². The van der Waals surface area contributed by atoms with E-state index in [2.05, 4.69) is 11.8 Å². The molecule has 3 unspecified atom stereocenters. The summed E-state index contributed by atoms with van der Waals surface area (Å²) in [6, 6.07) is 0. The number of likely N-dealkylation sites (tertiary alicyclic amines) is 1. The summed E-state index contributed by atoms with van der Waals surface area (Å²) in [7, 11) is 0. The summed E-state index contributed by atoms with van der Waals surface area (Å²) in [5.41, 5.74) is 0. The van der Waals surface area contributed by atoms with E-state index in [-0.39, 0.29) is 6.10 Å². The molecule has 2 nitrogen and oxygen atoms in total. The van der Waals surface area contributed by atoms with Gasteiger partial charge in [-0.2, -0.15) is 0 Å². The Kier molecular flexibility index (Phi) is 4.04. The van der Waals surface area contributed by atoms with E-state index in [1.807, 2.05) is 0 Å². The molecule has 0 bridgehead atoms. The number of hydrogen-bond acceptors (Lipinski definition) is 2. The number of aliphatic hydroxyl groups is 1. The zero-order chi connectivity index (χ0) is 10.7. The topological polar surface area (TPSA) is 23.5 Å². The van der Waals surface area contributed by atoms with E-state index in [1.54, 1.807) is 0 Å². The van der Waals surface area contributed by atoms with Crippen molar-refractivity contribution in [1.29, 1.82) is 0 Å². The van der Waals surface area contributed by atoms with E-state index in [1.165, 1.54) is 45.3 Å². The lowest BCUT2D eigenvalue weighted by molar-refractivity contribution is 0.151. The Morgan fingerprint density at radius 3 is 2.53 bits per heavy atom. The highest BCUT2D eigenvalue weighted by atomic mass is 16.3. The van der Waals surface area contributed by atoms with Crippen molar-refractivity contribution in [3.8, 4) is 0 Å². The highest BCUT2D eigenvalue weighted by Gasteiger charge is 2.35. The predicted molar refractivity (Wildman–Crippen MR) is 62.8 cm³/mol. The van der Waals surface area contributed by atoms with E-state index in [9.17, 15) is 5.11 Å². The SMILES string of the molecule is CCC(O)CCCN1CC2CCCC2C1. The fourth-order valence-corrected chi connectivity index (χ4v) is 3.27. The molecule has 1 aliphatic heterocycles. The molecule has 1 N–H and O–H groups in total. The summed E-state index contributed by atoms with van der Waals surface area (Å²) >= 11 is 0. The molecule has 3 atom stereocenters. The van der Waals surface area contributed by atoms with Gasteiger partial charge < -0.3 is 10.0 Å². The third-order valence-corrected chi connectivity index (χ3v) is 4.28. The van der Waals surface area contributed by atoms with Crippen LogP contribution < -0.4 is 0 Å². The number of rotatable bonds is 5. The largest absolute Gasteiger partial charge is 0.393 e. The van der Waals surface area contributed by atoms with Gasteiger partial charge in [-0.25, -0.2) is 0 Å². The molecule has 2 fully saturated rings. The van der Waals surface area contributed by atoms with Crippen molar-refractivity contribution in [2.75, 3.05) is 19.6 Å². The lowest BCUT2D eigenvalue weighted by Gasteiger charge is -2.17. The van der Waals surface area contributed by atoms with Crippen LogP contribution in [0, 0.1) is 11.8 Å². The van der Waals surface area contributed by atoms with E-state index in [0.29, 0.717) is 0 Å². The third kappa shape index (κ3) is 2.94. The van der Waals surface area contributed by atoms with Gasteiger partial charge in [0.25, 0.3) is 0 Å². The van der Waals surface area contributed by atoms with Crippen LogP contribution in [0.25, 0.3) is 0 Å². The third-order valence-electron chi connectivity index (χ3n) is 4.28. The minimum absolute atomic E-state index is 0.0629. The lowest BCUT2D eigenvalue weighted by atomic mass is 10.0. The summed E-state index contributed by atoms with van der Waals surface area (Å²) in [6.07, 6.45) is 7.42. The second-order valence-corrected chi connectivity index (χ2v) is 5.41. The minimum Gasteiger partial charge on any atom is -0.393 e. The first kappa shape index (κ1) is 11.4. The first-order chi connectivity index (χ1) is 7.29. The standard InChI is InChI=1S/C13H25NO/c1-2-13(15)7-4-8-14-9-11-5-3-6-12(11)10-14/h11-13,15H,2-10H2,1H3. The smallest absolute Gasteiger partial charge is 0.0538 e. The summed E-state index contributed by atoms with van der Waals surface area (Å²) < 4.78 is 0. The molecule has 2 rings (SSSR count). The van der Waals surface area contributed by atoms with Crippen LogP contribution in [0.1, 0.15) is 45.4 Å². The second-order valence-electron chi connectivity index (χ2n) is 5.41. The van der Waals surface area contributed by atoms with E-state index in [0.717, 1.165) is 24.7 Å². The highest BCUT2D eigenvalue weighted by Crippen LogP contribution is 2.37. The molecule has 1 aliphatic carbocycles. The molecule has 1 saturated carbocycles. The van der Waals surface area contributed by atoms with Gasteiger partial charge in [0.2, 0.25) is 0 Å². The maximum atomic E-state index is 9.47. The molecule has 1 saturated heterocycles. The molecule has 0 aromatic heterocycles. The monoisotopic (exact) mass is 211 g/mol. The van der Waals surface area contributed by atoms with Crippen LogP contribution in [-0.4, -0.2) is 35.7 Å². The summed E-state index contributed by atoms with van der Waals surface area (Å²) in [5.74, 6) is 2.03. The first-order valence-electron chi connectivity index (χ1n) is 6.70. The van der Waals surface area contributed by atoms with Crippen LogP contribution in [0.15, 0.2) is 0 Å². The fourth-order valence-electron chi connectivity index (χ4n) is 3.27. The number of hydrogen-bond donors (Lipinski definition) is 1. The Balaban J connectivity index is 1.61. The van der Waals surface area contributed by atoms with Gasteiger partial charge in [0.1, 0.15) is 0 Å². The van der Waals surface area contributed by atoms with Gasteiger partial charge in [0, 0.05) is 13.1 Å². The molecule has 0 aromatic carbocycles. The molecule has 1 heterocycles. The molecule has 0 spiro atoms. The molecular formula is C13H25NO. The lowest BCUT2D eigenvalue weighted by Crippen LogP contribution is -2.23. The summed E-state index contributed by atoms with van der Waals surface area (Å²) in [5, 5.41) is 9.47. The van der Waals surface area contributed by atoms with E-state index in [4.69, 9.17) is 0 Å². The van der Waals surface area contributed by atoms with Gasteiger partial charge in [-0.1, -0.05) is 13.3 Å². The van der Waals surface area contributed by atoms with Crippen molar-refractivity contribution in [1.82, 2.24) is 4.90 Å². The fraction of sp³-hybridized carbons (Fsp3) is 1.00. The van der Waals surface area contributed by atoms with Crippen LogP contribution in [0.2, 0.25) is 0 Å². The molecule has 0 aromatic rings. The molecular weight excluding hydrogens is 186 g/mol. The maximum Gasteiger partial charge on any atom is 0.0538 e. The average Bonchev–Trinajstić information content (AvgIpc) is 2.77. The van der Waals surface area contributed by atoms with Crippen LogP contribution >= 0.6 is 0 Å². The van der Waals surface area contributed by atoms with E-state index < -0.39 is 0 Å². The molecule has 15 heavy (non-hydrogen) atoms. The van der Waals surface area contributed by atoms with Crippen molar-refractivity contribution in [2.24, 2.45) is 11.8 Å². The maximum absolute atomic E-state index is 9.47. The zero-order valence-electron chi connectivity index (χ0n) is 9.99. The zero-order valence-corrected chi connectivity index (χ0v) is 9.99. The van der Waals surface area contributed by atoms with Gasteiger partial charge in [-0.05, 0) is 50.5 Å². The Labute approximate surface area is 93.7 Å². The van der Waals surface area contributed by atoms with E-state index >= 15 is 0 Å². The van der Waals surface area contributed by atoms with Crippen molar-refractivity contribution >= 4 is 0 Å². The second kappa shape index (κ2) is 5.31. The Bertz CT molecular complexity index is 183. The van der Waals surface area contributed by atoms with Crippen LogP contribution in [0.3, 0.4) is 0 Å². The number of aliphatic hydroxyl groups excluding tert-OH is 1. The van der Waals surface area contributed by atoms with Crippen molar-refractivity contribution < 1.29 is 5.11 Å². The molecule has 88 valence electrons. The quantitative estimate of drug-likeness (QED) is 0.754. The van der Waals surface area contributed by atoms with Crippen LogP contribution in [-0.2, 0) is 0 Å². The highest BCUT2D eigenvalue weighted by molar-refractivity contribution is 4.88. The van der Waals surface area contributed by atoms with Gasteiger partial charge in [-0.3, -0.25) is 0 Å². The van der Waals surface area contributed by atoms with Gasteiger partial charge in [0.05, 0.1) is 6.10 Å². The Hall–Kier alpha value is -0.0800.